The Morgan fingerprint density at radius 1 is 1.26 bits per heavy atom. The Morgan fingerprint density at radius 3 is 2.78 bits per heavy atom. The number of thiazole rings is 1. The topological polar surface area (TPSA) is 99.6 Å². The molecule has 10 heteroatoms. The molecule has 7 nitrogen and oxygen atoms in total. The van der Waals surface area contributed by atoms with Crippen molar-refractivity contribution in [2.24, 2.45) is 0 Å². The zero-order chi connectivity index (χ0) is 19.3. The number of fused-ring (bicyclic) bond motifs is 2. The fourth-order valence-electron chi connectivity index (χ4n) is 2.79. The maximum atomic E-state index is 12.8. The third-order valence-corrected chi connectivity index (χ3v) is 7.35. The smallest absolute Gasteiger partial charge is 0.278 e. The Hall–Kier alpha value is -2.43. The van der Waals surface area contributed by atoms with Gasteiger partial charge >= 0.3 is 0 Å². The summed E-state index contributed by atoms with van der Waals surface area (Å²) in [6, 6.07) is 11.5. The number of rotatable bonds is 2. The van der Waals surface area contributed by atoms with Gasteiger partial charge in [-0.1, -0.05) is 39.4 Å². The number of amides is 1. The molecule has 3 aromatic rings. The van der Waals surface area contributed by atoms with E-state index in [2.05, 4.69) is 26.2 Å². The number of nitrogens with one attached hydrogen (secondary N) is 1. The number of aliphatic hydroxyl groups excluding tert-OH is 1. The predicted octanol–water partition coefficient (Wildman–Crippen LogP) is 3.56. The molecule has 4 rings (SSSR count). The largest absolute Gasteiger partial charge is 0.505 e. The minimum absolute atomic E-state index is 0.0496. The number of hydrogen-bond acceptors (Lipinski definition) is 6. The maximum absolute atomic E-state index is 12.8. The Morgan fingerprint density at radius 2 is 2.00 bits per heavy atom. The third kappa shape index (κ3) is 2.89. The van der Waals surface area contributed by atoms with E-state index in [4.69, 9.17) is 0 Å². The minimum atomic E-state index is -3.94. The molecule has 2 aromatic carbocycles. The zero-order valence-corrected chi connectivity index (χ0v) is 17.0. The number of halogens is 1. The highest BCUT2D eigenvalue weighted by atomic mass is 79.9. The summed E-state index contributed by atoms with van der Waals surface area (Å²) in [5.74, 6) is -1.16. The fourth-order valence-corrected chi connectivity index (χ4v) is 5.60. The molecule has 0 bridgehead atoms. The number of anilines is 1. The van der Waals surface area contributed by atoms with E-state index in [1.807, 2.05) is 12.1 Å². The lowest BCUT2D eigenvalue weighted by molar-refractivity contribution is -0.113. The SMILES string of the molecule is CN1C(C(=O)Nc2nc3ccc(Br)cc3s2)=C(O)c2ccccc2S1(=O)=O. The molecule has 1 amide bonds. The monoisotopic (exact) mass is 465 g/mol. The van der Waals surface area contributed by atoms with Crippen LogP contribution in [-0.2, 0) is 14.8 Å². The summed E-state index contributed by atoms with van der Waals surface area (Å²) in [6.45, 7) is 0. The van der Waals surface area contributed by atoms with E-state index in [1.54, 1.807) is 18.2 Å². The molecular weight excluding hydrogens is 454 g/mol. The van der Waals surface area contributed by atoms with Crippen LogP contribution in [0.4, 0.5) is 5.13 Å². The van der Waals surface area contributed by atoms with E-state index in [1.165, 1.54) is 30.5 Å². The van der Waals surface area contributed by atoms with Crippen LogP contribution in [0.1, 0.15) is 5.56 Å². The van der Waals surface area contributed by atoms with E-state index >= 15 is 0 Å². The second-order valence-corrected chi connectivity index (χ2v) is 9.64. The molecule has 2 N–H and O–H groups in total. The number of sulfonamides is 1. The summed E-state index contributed by atoms with van der Waals surface area (Å²) in [5, 5.41) is 13.4. The molecule has 0 saturated heterocycles. The average molecular weight is 466 g/mol. The standard InChI is InChI=1S/C17H12BrN3O4S2/c1-21-14(15(22)10-4-2-3-5-13(10)27(21,24)25)16(23)20-17-19-11-7-6-9(18)8-12(11)26-17/h2-8,22H,1H3,(H,19,20,23). The van der Waals surface area contributed by atoms with Crippen LogP contribution < -0.4 is 5.32 Å². The summed E-state index contributed by atoms with van der Waals surface area (Å²) in [4.78, 5) is 17.0. The van der Waals surface area contributed by atoms with Crippen molar-refractivity contribution in [1.29, 1.82) is 0 Å². The lowest BCUT2D eigenvalue weighted by Crippen LogP contribution is -2.37. The van der Waals surface area contributed by atoms with Gasteiger partial charge in [-0.2, -0.15) is 0 Å². The van der Waals surface area contributed by atoms with E-state index in [-0.39, 0.29) is 16.2 Å². The van der Waals surface area contributed by atoms with Crippen molar-refractivity contribution in [3.63, 3.8) is 0 Å². The van der Waals surface area contributed by atoms with Crippen molar-refractivity contribution in [2.75, 3.05) is 12.4 Å². The van der Waals surface area contributed by atoms with E-state index in [9.17, 15) is 18.3 Å². The van der Waals surface area contributed by atoms with Gasteiger partial charge in [0.1, 0.15) is 0 Å². The van der Waals surface area contributed by atoms with Crippen LogP contribution >= 0.6 is 27.3 Å². The normalized spacial score (nSPS) is 15.7. The highest BCUT2D eigenvalue weighted by Gasteiger charge is 2.37. The molecule has 0 spiro atoms. The third-order valence-electron chi connectivity index (χ3n) is 4.11. The fraction of sp³-hybridized carbons (Fsp3) is 0.0588. The Kier molecular flexibility index (Phi) is 4.21. The molecule has 0 saturated carbocycles. The van der Waals surface area contributed by atoms with Crippen LogP contribution in [0.15, 0.2) is 57.5 Å². The number of hydrogen-bond donors (Lipinski definition) is 2. The lowest BCUT2D eigenvalue weighted by atomic mass is 10.1. The van der Waals surface area contributed by atoms with Crippen LogP contribution in [-0.4, -0.2) is 35.8 Å². The Labute approximate surface area is 167 Å². The lowest BCUT2D eigenvalue weighted by Gasteiger charge is -2.28. The average Bonchev–Trinajstić information content (AvgIpc) is 3.01. The van der Waals surface area contributed by atoms with Crippen LogP contribution in [0.25, 0.3) is 16.0 Å². The molecule has 0 atom stereocenters. The van der Waals surface area contributed by atoms with Crippen molar-refractivity contribution < 1.29 is 18.3 Å². The first-order valence-electron chi connectivity index (χ1n) is 7.68. The Bertz CT molecular complexity index is 1230. The van der Waals surface area contributed by atoms with Crippen molar-refractivity contribution in [2.45, 2.75) is 4.90 Å². The van der Waals surface area contributed by atoms with Gasteiger partial charge in [0.15, 0.2) is 16.6 Å². The first-order valence-corrected chi connectivity index (χ1v) is 10.7. The molecule has 0 unspecified atom stereocenters. The summed E-state index contributed by atoms with van der Waals surface area (Å²) in [5.41, 5.74) is 0.440. The van der Waals surface area contributed by atoms with Crippen molar-refractivity contribution in [3.8, 4) is 0 Å². The molecule has 1 aliphatic rings. The first kappa shape index (κ1) is 18.0. The van der Waals surface area contributed by atoms with Crippen LogP contribution in [0.5, 0.6) is 0 Å². The molecule has 0 fully saturated rings. The second-order valence-electron chi connectivity index (χ2n) is 5.75. The van der Waals surface area contributed by atoms with Gasteiger partial charge in [-0.05, 0) is 30.3 Å². The summed E-state index contributed by atoms with van der Waals surface area (Å²) < 4.78 is 27.9. The molecule has 27 heavy (non-hydrogen) atoms. The minimum Gasteiger partial charge on any atom is -0.505 e. The summed E-state index contributed by atoms with van der Waals surface area (Å²) in [7, 11) is -2.71. The van der Waals surface area contributed by atoms with Gasteiger partial charge in [0.05, 0.1) is 15.1 Å². The van der Waals surface area contributed by atoms with Crippen molar-refractivity contribution >= 4 is 64.3 Å². The van der Waals surface area contributed by atoms with Crippen LogP contribution in [0, 0.1) is 0 Å². The van der Waals surface area contributed by atoms with Gasteiger partial charge < -0.3 is 5.11 Å². The van der Waals surface area contributed by atoms with Gasteiger partial charge in [-0.15, -0.1) is 0 Å². The van der Waals surface area contributed by atoms with Gasteiger partial charge in [0.2, 0.25) is 0 Å². The maximum Gasteiger partial charge on any atom is 0.278 e. The molecule has 138 valence electrons. The van der Waals surface area contributed by atoms with E-state index in [0.717, 1.165) is 13.5 Å². The number of aliphatic hydroxyl groups is 1. The van der Waals surface area contributed by atoms with Gasteiger partial charge in [0, 0.05) is 17.1 Å². The highest BCUT2D eigenvalue weighted by molar-refractivity contribution is 9.10. The van der Waals surface area contributed by atoms with Crippen LogP contribution in [0.3, 0.4) is 0 Å². The number of carbonyl (C=O) groups is 1. The number of likely N-dealkylation sites (N-methyl/N-ethyl adjacent to an activating group) is 1. The molecular formula is C17H12BrN3O4S2. The number of benzene rings is 2. The molecule has 0 aliphatic carbocycles. The number of nitrogens with zero attached hydrogens (tertiary/aromatic N) is 2. The molecule has 2 heterocycles. The second kappa shape index (κ2) is 6.32. The number of carbonyl (C=O) groups excluding carboxylic acids is 1. The zero-order valence-electron chi connectivity index (χ0n) is 13.8. The quantitative estimate of drug-likeness (QED) is 0.602. The molecule has 1 aliphatic heterocycles. The molecule has 1 aromatic heterocycles. The highest BCUT2D eigenvalue weighted by Crippen LogP contribution is 2.35. The summed E-state index contributed by atoms with van der Waals surface area (Å²) >= 11 is 4.62. The predicted molar refractivity (Wildman–Crippen MR) is 107 cm³/mol. The van der Waals surface area contributed by atoms with E-state index in [0.29, 0.717) is 10.6 Å². The van der Waals surface area contributed by atoms with Gasteiger partial charge in [-0.3, -0.25) is 14.4 Å². The first-order chi connectivity index (χ1) is 12.8. The van der Waals surface area contributed by atoms with Gasteiger partial charge in [0.25, 0.3) is 15.9 Å². The van der Waals surface area contributed by atoms with Crippen molar-refractivity contribution in [1.82, 2.24) is 9.29 Å². The number of aromatic nitrogens is 1. The van der Waals surface area contributed by atoms with Crippen molar-refractivity contribution in [3.05, 3.63) is 58.2 Å². The summed E-state index contributed by atoms with van der Waals surface area (Å²) in [6.07, 6.45) is 0. The Balaban J connectivity index is 1.76. The van der Waals surface area contributed by atoms with Crippen LogP contribution in [0.2, 0.25) is 0 Å². The van der Waals surface area contributed by atoms with Gasteiger partial charge in [-0.25, -0.2) is 13.4 Å². The van der Waals surface area contributed by atoms with E-state index < -0.39 is 21.7 Å². The molecule has 0 radical (unpaired) electrons.